The average molecular weight is 298 g/mol. The van der Waals surface area contributed by atoms with Gasteiger partial charge in [-0.05, 0) is 31.5 Å². The highest BCUT2D eigenvalue weighted by Crippen LogP contribution is 2.25. The Morgan fingerprint density at radius 3 is 2.45 bits per heavy atom. The molecule has 1 atom stereocenters. The Morgan fingerprint density at radius 1 is 1.18 bits per heavy atom. The molecule has 22 heavy (non-hydrogen) atoms. The van der Waals surface area contributed by atoms with E-state index in [0.717, 1.165) is 10.8 Å². The van der Waals surface area contributed by atoms with Gasteiger partial charge in [0, 0.05) is 5.56 Å². The first-order chi connectivity index (χ1) is 10.3. The lowest BCUT2D eigenvalue weighted by Gasteiger charge is -2.18. The number of aliphatic hydroxyl groups excluding tert-OH is 1. The van der Waals surface area contributed by atoms with Crippen LogP contribution in [0.1, 0.15) is 32.4 Å². The summed E-state index contributed by atoms with van der Waals surface area (Å²) in [6.45, 7) is 5.10. The Labute approximate surface area is 128 Å². The van der Waals surface area contributed by atoms with Gasteiger partial charge >= 0.3 is 11.7 Å². The summed E-state index contributed by atoms with van der Waals surface area (Å²) < 4.78 is 5.16. The molecule has 5 nitrogen and oxygen atoms in total. The molecule has 0 unspecified atom stereocenters. The van der Waals surface area contributed by atoms with Crippen LogP contribution < -0.4 is 0 Å². The highest BCUT2D eigenvalue weighted by atomic mass is 16.6. The molecule has 0 amide bonds. The smallest absolute Gasteiger partial charge is 0.420 e. The van der Waals surface area contributed by atoms with Gasteiger partial charge < -0.3 is 15.4 Å². The number of nitrogens with zero attached hydrogens (tertiary/aromatic N) is 2. The molecule has 0 aromatic heterocycles. The minimum atomic E-state index is -1.37. The zero-order valence-corrected chi connectivity index (χ0v) is 12.8. The van der Waals surface area contributed by atoms with Crippen LogP contribution in [0.15, 0.2) is 42.5 Å². The molecule has 0 aliphatic heterocycles. The van der Waals surface area contributed by atoms with Gasteiger partial charge in [-0.3, -0.25) is 0 Å². The van der Waals surface area contributed by atoms with E-state index in [4.69, 9.17) is 10.3 Å². The summed E-state index contributed by atoms with van der Waals surface area (Å²) in [7, 11) is 0. The Morgan fingerprint density at radius 2 is 1.82 bits per heavy atom. The first-order valence-electron chi connectivity index (χ1n) is 6.94. The van der Waals surface area contributed by atoms with Crippen LogP contribution in [0.2, 0.25) is 0 Å². The molecule has 2 aromatic rings. The second-order valence-electron chi connectivity index (χ2n) is 5.96. The van der Waals surface area contributed by atoms with Gasteiger partial charge in [-0.15, -0.1) is 0 Å². The standard InChI is InChI=1S/C17H18N2O3/c1-17(2,3)22-16(21)14(19-18)15(20)13-10-6-8-11-7-4-5-9-12(11)13/h4-10,15,20H,1-3H3/t15-/m0/s1. The van der Waals surface area contributed by atoms with Crippen molar-refractivity contribution in [2.24, 2.45) is 0 Å². The van der Waals surface area contributed by atoms with Gasteiger partial charge in [0.25, 0.3) is 0 Å². The Hall–Kier alpha value is -2.49. The number of hydrogen-bond donors (Lipinski definition) is 1. The third kappa shape index (κ3) is 3.39. The number of hydrogen-bond acceptors (Lipinski definition) is 3. The third-order valence-corrected chi connectivity index (χ3v) is 3.09. The summed E-state index contributed by atoms with van der Waals surface area (Å²) in [6.07, 6.45) is -1.37. The van der Waals surface area contributed by atoms with Crippen molar-refractivity contribution in [2.45, 2.75) is 32.5 Å². The summed E-state index contributed by atoms with van der Waals surface area (Å²) in [5.41, 5.74) is 8.42. The first kappa shape index (κ1) is 15.9. The second kappa shape index (κ2) is 6.10. The Balaban J connectivity index is 2.42. The van der Waals surface area contributed by atoms with Gasteiger partial charge in [-0.1, -0.05) is 42.5 Å². The first-order valence-corrected chi connectivity index (χ1v) is 6.94. The van der Waals surface area contributed by atoms with E-state index in [1.54, 1.807) is 32.9 Å². The SMILES string of the molecule is CC(C)(C)OC(=O)C(=[N+]=[N-])[C@@H](O)c1cccc2ccccc12. The number of rotatable bonds is 3. The van der Waals surface area contributed by atoms with Crippen molar-refractivity contribution in [2.75, 3.05) is 0 Å². The molecule has 2 rings (SSSR count). The Kier molecular flexibility index (Phi) is 4.40. The molecular formula is C17H18N2O3. The van der Waals surface area contributed by atoms with Gasteiger partial charge in [-0.25, -0.2) is 4.79 Å². The fourth-order valence-corrected chi connectivity index (χ4v) is 2.17. The summed E-state index contributed by atoms with van der Waals surface area (Å²) in [6, 6.07) is 12.8. The molecule has 114 valence electrons. The second-order valence-corrected chi connectivity index (χ2v) is 5.96. The van der Waals surface area contributed by atoms with Gasteiger partial charge in [0.15, 0.2) is 6.10 Å². The zero-order chi connectivity index (χ0) is 16.3. The summed E-state index contributed by atoms with van der Waals surface area (Å²) in [5.74, 6) is -0.851. The molecular weight excluding hydrogens is 280 g/mol. The summed E-state index contributed by atoms with van der Waals surface area (Å²) in [4.78, 5) is 15.0. The van der Waals surface area contributed by atoms with E-state index in [0.29, 0.717) is 5.56 Å². The van der Waals surface area contributed by atoms with Crippen molar-refractivity contribution >= 4 is 22.5 Å². The lowest BCUT2D eigenvalue weighted by Crippen LogP contribution is -2.32. The van der Waals surface area contributed by atoms with E-state index in [1.807, 2.05) is 30.3 Å². The van der Waals surface area contributed by atoms with Crippen molar-refractivity contribution in [1.29, 1.82) is 0 Å². The number of benzene rings is 2. The maximum absolute atomic E-state index is 12.1. The van der Waals surface area contributed by atoms with Crippen LogP contribution in [0, 0.1) is 0 Å². The van der Waals surface area contributed by atoms with Crippen LogP contribution in [-0.2, 0) is 9.53 Å². The molecule has 0 bridgehead atoms. The van der Waals surface area contributed by atoms with Gasteiger partial charge in [0.05, 0.1) is 0 Å². The van der Waals surface area contributed by atoms with Crippen LogP contribution >= 0.6 is 0 Å². The van der Waals surface area contributed by atoms with Crippen molar-refractivity contribution < 1.29 is 19.4 Å². The normalized spacial score (nSPS) is 12.5. The monoisotopic (exact) mass is 298 g/mol. The predicted octanol–water partition coefficient (Wildman–Crippen LogP) is 2.89. The zero-order valence-electron chi connectivity index (χ0n) is 12.8. The average Bonchev–Trinajstić information content (AvgIpc) is 2.45. The minimum Gasteiger partial charge on any atom is -0.451 e. The van der Waals surface area contributed by atoms with E-state index >= 15 is 0 Å². The van der Waals surface area contributed by atoms with E-state index in [1.165, 1.54) is 0 Å². The highest BCUT2D eigenvalue weighted by molar-refractivity contribution is 6.36. The van der Waals surface area contributed by atoms with Crippen molar-refractivity contribution in [3.05, 3.63) is 53.6 Å². The number of esters is 1. The van der Waals surface area contributed by atoms with E-state index < -0.39 is 23.4 Å². The fourth-order valence-electron chi connectivity index (χ4n) is 2.17. The lowest BCUT2D eigenvalue weighted by atomic mass is 9.97. The molecule has 0 aliphatic rings. The number of ether oxygens (including phenoxy) is 1. The maximum atomic E-state index is 12.1. The Bertz CT molecular complexity index is 751. The quantitative estimate of drug-likeness (QED) is 0.409. The molecule has 0 saturated carbocycles. The van der Waals surface area contributed by atoms with Crippen LogP contribution in [0.5, 0.6) is 0 Å². The van der Waals surface area contributed by atoms with Crippen LogP contribution in [0.3, 0.4) is 0 Å². The summed E-state index contributed by atoms with van der Waals surface area (Å²) in [5, 5.41) is 12.2. The van der Waals surface area contributed by atoms with Gasteiger partial charge in [0.2, 0.25) is 0 Å². The van der Waals surface area contributed by atoms with Crippen LogP contribution in [-0.4, -0.2) is 27.2 Å². The molecule has 0 heterocycles. The topological polar surface area (TPSA) is 82.9 Å². The molecule has 2 aromatic carbocycles. The van der Waals surface area contributed by atoms with Crippen LogP contribution in [0.4, 0.5) is 0 Å². The number of fused-ring (bicyclic) bond motifs is 1. The number of aliphatic hydroxyl groups is 1. The number of carbonyl (C=O) groups excluding carboxylic acids is 1. The van der Waals surface area contributed by atoms with E-state index in [-0.39, 0.29) is 0 Å². The molecule has 0 spiro atoms. The van der Waals surface area contributed by atoms with Crippen molar-refractivity contribution in [3.8, 4) is 0 Å². The maximum Gasteiger partial charge on any atom is 0.420 e. The molecule has 5 heteroatoms. The molecule has 1 N–H and O–H groups in total. The van der Waals surface area contributed by atoms with Crippen molar-refractivity contribution in [3.63, 3.8) is 0 Å². The molecule has 0 radical (unpaired) electrons. The van der Waals surface area contributed by atoms with E-state index in [9.17, 15) is 9.90 Å². The molecule has 0 aliphatic carbocycles. The van der Waals surface area contributed by atoms with E-state index in [2.05, 4.69) is 4.79 Å². The molecule has 0 saturated heterocycles. The minimum absolute atomic E-state index is 0.439. The van der Waals surface area contributed by atoms with Crippen molar-refractivity contribution in [1.82, 2.24) is 0 Å². The predicted molar refractivity (Wildman–Crippen MR) is 83.4 cm³/mol. The largest absolute Gasteiger partial charge is 0.451 e. The molecule has 0 fully saturated rings. The van der Waals surface area contributed by atoms with Gasteiger partial charge in [0.1, 0.15) is 5.60 Å². The van der Waals surface area contributed by atoms with Gasteiger partial charge in [-0.2, -0.15) is 4.79 Å². The third-order valence-electron chi connectivity index (χ3n) is 3.09. The lowest BCUT2D eigenvalue weighted by molar-refractivity contribution is -0.152. The highest BCUT2D eigenvalue weighted by Gasteiger charge is 2.35. The van der Waals surface area contributed by atoms with Crippen LogP contribution in [0.25, 0.3) is 16.3 Å². The fraction of sp³-hybridized carbons (Fsp3) is 0.294. The summed E-state index contributed by atoms with van der Waals surface area (Å²) >= 11 is 0. The number of carbonyl (C=O) groups is 1.